The summed E-state index contributed by atoms with van der Waals surface area (Å²) >= 11 is 6.62. The van der Waals surface area contributed by atoms with Gasteiger partial charge in [0, 0.05) is 52.2 Å². The number of pyridine rings is 3. The van der Waals surface area contributed by atoms with E-state index in [4.69, 9.17) is 30.8 Å². The van der Waals surface area contributed by atoms with Gasteiger partial charge in [-0.1, -0.05) is 38.1 Å². The zero-order valence-electron chi connectivity index (χ0n) is 34.4. The lowest BCUT2D eigenvalue weighted by Gasteiger charge is -2.49. The van der Waals surface area contributed by atoms with Crippen molar-refractivity contribution in [1.29, 1.82) is 0 Å². The molecule has 1 saturated heterocycles. The Morgan fingerprint density at radius 2 is 1.87 bits per heavy atom. The number of aromatic hydroxyl groups is 1. The van der Waals surface area contributed by atoms with Crippen LogP contribution in [0.15, 0.2) is 71.7 Å². The normalized spacial score (nSPS) is 19.8. The maximum Gasteiger partial charge on any atom is 0.343 e. The first kappa shape index (κ1) is 40.5. The molecule has 0 bridgehead atoms. The van der Waals surface area contributed by atoms with E-state index >= 15 is 4.39 Å². The van der Waals surface area contributed by atoms with E-state index in [2.05, 4.69) is 16.5 Å². The molecule has 3 aromatic heterocycles. The van der Waals surface area contributed by atoms with Crippen molar-refractivity contribution in [3.05, 3.63) is 116 Å². The van der Waals surface area contributed by atoms with Crippen LogP contribution in [-0.2, 0) is 39.5 Å². The quantitative estimate of drug-likeness (QED) is 0.127. The number of aromatic nitrogens is 3. The van der Waals surface area contributed by atoms with Gasteiger partial charge in [-0.25, -0.2) is 23.5 Å². The number of phenolic OH excluding ortho intramolecular Hbond substituents is 1. The number of piperazine rings is 1. The van der Waals surface area contributed by atoms with Crippen LogP contribution in [0, 0.1) is 11.6 Å². The van der Waals surface area contributed by atoms with Gasteiger partial charge in [-0.3, -0.25) is 9.59 Å². The lowest BCUT2D eigenvalue weighted by atomic mass is 9.86. The maximum atomic E-state index is 16.2. The Balaban J connectivity index is 0.875. The van der Waals surface area contributed by atoms with Crippen LogP contribution in [0.1, 0.15) is 49.4 Å². The van der Waals surface area contributed by atoms with Crippen molar-refractivity contribution < 1.29 is 42.8 Å². The minimum absolute atomic E-state index is 0.0482. The summed E-state index contributed by atoms with van der Waals surface area (Å²) < 4.78 is 50.2. The molecule has 63 heavy (non-hydrogen) atoms. The molecule has 1 fully saturated rings. The fourth-order valence-corrected chi connectivity index (χ4v) is 9.90. The van der Waals surface area contributed by atoms with Crippen LogP contribution in [0.4, 0.5) is 14.5 Å². The molecule has 16 heteroatoms. The number of carbonyl (C=O) groups excluding carboxylic acids is 2. The average Bonchev–Trinajstić information content (AvgIpc) is 3.64. The van der Waals surface area contributed by atoms with Crippen molar-refractivity contribution in [1.82, 2.24) is 19.4 Å². The number of esters is 1. The summed E-state index contributed by atoms with van der Waals surface area (Å²) in [6.07, 6.45) is 2.08. The minimum atomic E-state index is -1.92. The number of aliphatic hydroxyl groups is 1. The Bertz CT molecular complexity index is 3060. The van der Waals surface area contributed by atoms with Crippen LogP contribution in [0.3, 0.4) is 0 Å². The number of rotatable bonds is 7. The zero-order valence-corrected chi connectivity index (χ0v) is 35.2. The molecule has 0 aliphatic carbocycles. The Morgan fingerprint density at radius 3 is 2.63 bits per heavy atom. The van der Waals surface area contributed by atoms with E-state index < -0.39 is 29.0 Å². The largest absolute Gasteiger partial charge is 0.507 e. The number of anilines is 1. The summed E-state index contributed by atoms with van der Waals surface area (Å²) in [5.41, 5.74) is 1.94. The zero-order chi connectivity index (χ0) is 44.2. The van der Waals surface area contributed by atoms with Gasteiger partial charge in [0.2, 0.25) is 0 Å². The van der Waals surface area contributed by atoms with Gasteiger partial charge in [-0.2, -0.15) is 0 Å². The highest BCUT2D eigenvalue weighted by Crippen LogP contribution is 2.47. The number of fused-ring (bicyclic) bond motifs is 10. The highest BCUT2D eigenvalue weighted by Gasteiger charge is 2.46. The first-order chi connectivity index (χ1) is 30.2. The first-order valence-corrected chi connectivity index (χ1v) is 21.0. The molecule has 1 amide bonds. The molecule has 3 atom stereocenters. The molecular weight excluding hydrogens is 836 g/mol. The first-order valence-electron chi connectivity index (χ1n) is 20.7. The van der Waals surface area contributed by atoms with Crippen molar-refractivity contribution in [3.8, 4) is 39.8 Å². The summed E-state index contributed by atoms with van der Waals surface area (Å²) in [4.78, 5) is 53.4. The van der Waals surface area contributed by atoms with Gasteiger partial charge in [-0.15, -0.1) is 0 Å². The molecule has 322 valence electrons. The number of phenols is 1. The summed E-state index contributed by atoms with van der Waals surface area (Å²) in [6.45, 7) is 10.5. The monoisotopic (exact) mass is 875 g/mol. The minimum Gasteiger partial charge on any atom is -0.507 e. The molecule has 0 saturated carbocycles. The van der Waals surface area contributed by atoms with E-state index in [9.17, 15) is 29.0 Å². The number of cyclic esters (lactones) is 1. The fraction of sp³-hybridized carbons (Fsp3) is 0.298. The lowest BCUT2D eigenvalue weighted by Crippen LogP contribution is -2.62. The predicted octanol–water partition coefficient (Wildman–Crippen LogP) is 6.93. The van der Waals surface area contributed by atoms with Gasteiger partial charge in [0.05, 0.1) is 57.5 Å². The second-order valence-corrected chi connectivity index (χ2v) is 16.8. The maximum absolute atomic E-state index is 16.2. The molecule has 1 unspecified atom stereocenters. The van der Waals surface area contributed by atoms with Crippen molar-refractivity contribution >= 4 is 51.0 Å². The third-order valence-electron chi connectivity index (χ3n) is 12.9. The van der Waals surface area contributed by atoms with Crippen LogP contribution in [0.25, 0.3) is 44.3 Å². The number of ether oxygens (including phenoxy) is 3. The fourth-order valence-electron chi connectivity index (χ4n) is 9.62. The predicted molar refractivity (Wildman–Crippen MR) is 230 cm³/mol. The average molecular weight is 876 g/mol. The molecular formula is C47H40ClF2N5O8. The number of aryl methyl sites for hydroxylation is 1. The van der Waals surface area contributed by atoms with Gasteiger partial charge in [0.1, 0.15) is 42.7 Å². The van der Waals surface area contributed by atoms with E-state index in [1.807, 2.05) is 26.0 Å². The second-order valence-electron chi connectivity index (χ2n) is 16.4. The van der Waals surface area contributed by atoms with Crippen LogP contribution in [0.2, 0.25) is 5.02 Å². The van der Waals surface area contributed by atoms with Gasteiger partial charge in [-0.05, 0) is 67.8 Å². The third-order valence-corrected chi connectivity index (χ3v) is 13.2. The van der Waals surface area contributed by atoms with Crippen LogP contribution in [-0.4, -0.2) is 79.9 Å². The molecule has 4 aliphatic rings. The number of hydrogen-bond acceptors (Lipinski definition) is 11. The second kappa shape index (κ2) is 14.8. The number of carbonyl (C=O) groups is 2. The highest BCUT2D eigenvalue weighted by atomic mass is 35.5. The van der Waals surface area contributed by atoms with Crippen LogP contribution >= 0.6 is 11.6 Å². The third kappa shape index (κ3) is 6.07. The molecule has 7 heterocycles. The number of amides is 1. The van der Waals surface area contributed by atoms with E-state index in [1.165, 1.54) is 24.4 Å². The van der Waals surface area contributed by atoms with E-state index in [1.54, 1.807) is 28.5 Å². The number of halogens is 3. The number of nitrogens with zero attached hydrogens (tertiary/aromatic N) is 5. The smallest absolute Gasteiger partial charge is 0.343 e. The van der Waals surface area contributed by atoms with Crippen molar-refractivity contribution in [2.45, 2.75) is 64.4 Å². The molecule has 2 N–H and O–H groups in total. The summed E-state index contributed by atoms with van der Waals surface area (Å²) in [7, 11) is 0. The highest BCUT2D eigenvalue weighted by molar-refractivity contribution is 6.34. The molecule has 4 aliphatic heterocycles. The molecule has 13 nitrogen and oxygen atoms in total. The van der Waals surface area contributed by atoms with Crippen molar-refractivity contribution in [3.63, 3.8) is 0 Å². The molecule has 10 rings (SSSR count). The topological polar surface area (TPSA) is 157 Å². The summed E-state index contributed by atoms with van der Waals surface area (Å²) in [6, 6.07) is 11.7. The van der Waals surface area contributed by atoms with Crippen LogP contribution in [0.5, 0.6) is 17.2 Å². The Morgan fingerprint density at radius 1 is 1.06 bits per heavy atom. The summed E-state index contributed by atoms with van der Waals surface area (Å²) in [5.74, 6) is -2.35. The van der Waals surface area contributed by atoms with E-state index in [0.717, 1.165) is 22.6 Å². The van der Waals surface area contributed by atoms with Gasteiger partial charge >= 0.3 is 5.97 Å². The Kier molecular flexibility index (Phi) is 9.49. The van der Waals surface area contributed by atoms with E-state index in [0.29, 0.717) is 52.4 Å². The van der Waals surface area contributed by atoms with E-state index in [-0.39, 0.29) is 101 Å². The van der Waals surface area contributed by atoms with Gasteiger partial charge < -0.3 is 38.8 Å². The number of hydrogen-bond donors (Lipinski definition) is 2. The number of benzene rings is 3. The summed E-state index contributed by atoms with van der Waals surface area (Å²) in [5, 5.41) is 22.7. The van der Waals surface area contributed by atoms with Crippen LogP contribution < -0.4 is 19.9 Å². The standard InChI is InChI=1S/C47H40ClF2N5O8/c1-5-26-27-12-25(10-11-34(27)52-41-29(26)18-55-35(41)14-31-30(45(55)58)21-63-46(59)47(31,60)6-2)61-19-22(3)44(57)53-17-24-20-62-37-15-51-42-28(43(37)54(24)16-23(53)4)13-32(48)38(40(42)50)39-33(49)8-7-9-36(39)56/h7-15,23-24,56,60H,3,5-6,16-21H2,1-2,4H3/t23-,24?,47+/m1/s1. The van der Waals surface area contributed by atoms with Gasteiger partial charge in [0.25, 0.3) is 11.5 Å². The van der Waals surface area contributed by atoms with Crippen molar-refractivity contribution in [2.75, 3.05) is 31.2 Å². The SMILES string of the molecule is C=C(COc1ccc2nc3c(c(CC)c2c1)Cn1c-3cc2c(c1=O)COC(=O)[C@]2(O)CC)C(=O)N1CC2COc3cnc4c(F)c(-c5c(O)cccc5F)c(Cl)cc4c3N2C[C@H]1C. The Labute approximate surface area is 363 Å². The van der Waals surface area contributed by atoms with Gasteiger partial charge in [0.15, 0.2) is 17.2 Å². The molecule has 3 aromatic carbocycles. The molecule has 0 spiro atoms. The van der Waals surface area contributed by atoms with Crippen molar-refractivity contribution in [2.24, 2.45) is 0 Å². The molecule has 6 aromatic rings. The molecule has 0 radical (unpaired) electrons. The lowest BCUT2D eigenvalue weighted by molar-refractivity contribution is -0.172. The Hall–Kier alpha value is -6.58.